The molecule has 1 aliphatic rings. The van der Waals surface area contributed by atoms with Crippen LogP contribution in [0, 0.1) is 5.92 Å². The number of nitrogens with one attached hydrogen (secondary N) is 2. The normalized spacial score (nSPS) is 13.5. The standard InChI is InChI=1S/C34H39N5O3/c1-41-30-13-7-27(8-14-30)24-42-20-17-25-15-18-39(19-16-25)29-11-9-28(10-12-29)38-33-21-32(31(23-37-33)34(35)40)36-22-26-5-3-2-4-6-26/h2-14,21,23,25H,15-20,22,24H2,1H3,(H2,35,40)(H2,36,37,38). The molecule has 0 aliphatic carbocycles. The molecule has 0 bridgehead atoms. The first-order valence-electron chi connectivity index (χ1n) is 14.5. The second-order valence-electron chi connectivity index (χ2n) is 10.6. The van der Waals surface area contributed by atoms with E-state index in [0.29, 0.717) is 36.1 Å². The number of carbonyl (C=O) groups is 1. The van der Waals surface area contributed by atoms with Crippen molar-refractivity contribution < 1.29 is 14.3 Å². The molecule has 8 heteroatoms. The number of piperidine rings is 1. The van der Waals surface area contributed by atoms with Crippen LogP contribution in [-0.2, 0) is 17.9 Å². The molecule has 0 radical (unpaired) electrons. The fraction of sp³-hybridized carbons (Fsp3) is 0.294. The Balaban J connectivity index is 1.08. The van der Waals surface area contributed by atoms with E-state index in [1.54, 1.807) is 7.11 Å². The summed E-state index contributed by atoms with van der Waals surface area (Å²) in [5.41, 5.74) is 11.0. The summed E-state index contributed by atoms with van der Waals surface area (Å²) in [6, 6.07) is 28.3. The Morgan fingerprint density at radius 2 is 1.71 bits per heavy atom. The van der Waals surface area contributed by atoms with Gasteiger partial charge in [-0.05, 0) is 72.7 Å². The van der Waals surface area contributed by atoms with Crippen LogP contribution in [0.2, 0.25) is 0 Å². The molecular weight excluding hydrogens is 526 g/mol. The van der Waals surface area contributed by atoms with Gasteiger partial charge in [-0.15, -0.1) is 0 Å². The summed E-state index contributed by atoms with van der Waals surface area (Å²) in [6.45, 7) is 4.09. The zero-order chi connectivity index (χ0) is 29.1. The highest BCUT2D eigenvalue weighted by Crippen LogP contribution is 2.28. The molecule has 0 spiro atoms. The van der Waals surface area contributed by atoms with Crippen molar-refractivity contribution in [2.75, 3.05) is 42.3 Å². The second kappa shape index (κ2) is 14.4. The number of hydrogen-bond donors (Lipinski definition) is 3. The fourth-order valence-corrected chi connectivity index (χ4v) is 5.20. The quantitative estimate of drug-likeness (QED) is 0.162. The van der Waals surface area contributed by atoms with Crippen molar-refractivity contribution in [2.45, 2.75) is 32.4 Å². The summed E-state index contributed by atoms with van der Waals surface area (Å²) in [7, 11) is 1.68. The first-order valence-corrected chi connectivity index (χ1v) is 14.5. The molecule has 1 amide bonds. The molecule has 4 N–H and O–H groups in total. The van der Waals surface area contributed by atoms with Crippen molar-refractivity contribution in [2.24, 2.45) is 11.7 Å². The van der Waals surface area contributed by atoms with Crippen molar-refractivity contribution in [1.29, 1.82) is 0 Å². The van der Waals surface area contributed by atoms with Gasteiger partial charge in [-0.3, -0.25) is 4.79 Å². The minimum Gasteiger partial charge on any atom is -0.497 e. The number of pyridine rings is 1. The fourth-order valence-electron chi connectivity index (χ4n) is 5.20. The third-order valence-corrected chi connectivity index (χ3v) is 7.71. The molecule has 1 fully saturated rings. The first-order chi connectivity index (χ1) is 20.6. The van der Waals surface area contributed by atoms with E-state index >= 15 is 0 Å². The summed E-state index contributed by atoms with van der Waals surface area (Å²) in [5.74, 6) is 1.68. The lowest BCUT2D eigenvalue weighted by Gasteiger charge is -2.33. The monoisotopic (exact) mass is 565 g/mol. The Labute approximate surface area is 247 Å². The largest absolute Gasteiger partial charge is 0.497 e. The highest BCUT2D eigenvalue weighted by molar-refractivity contribution is 5.98. The van der Waals surface area contributed by atoms with Crippen LogP contribution in [0.15, 0.2) is 91.1 Å². The molecule has 5 rings (SSSR count). The van der Waals surface area contributed by atoms with Gasteiger partial charge in [0.15, 0.2) is 0 Å². The molecule has 0 atom stereocenters. The summed E-state index contributed by atoms with van der Waals surface area (Å²) >= 11 is 0. The van der Waals surface area contributed by atoms with Crippen LogP contribution in [0.25, 0.3) is 0 Å². The van der Waals surface area contributed by atoms with Crippen LogP contribution in [0.4, 0.5) is 22.9 Å². The lowest BCUT2D eigenvalue weighted by Crippen LogP contribution is -2.33. The number of nitrogens with zero attached hydrogens (tertiary/aromatic N) is 2. The van der Waals surface area contributed by atoms with Crippen LogP contribution < -0.4 is 26.0 Å². The lowest BCUT2D eigenvalue weighted by atomic mass is 9.93. The Morgan fingerprint density at radius 1 is 0.976 bits per heavy atom. The molecule has 8 nitrogen and oxygen atoms in total. The first kappa shape index (κ1) is 29.0. The van der Waals surface area contributed by atoms with Crippen LogP contribution in [0.5, 0.6) is 5.75 Å². The molecule has 218 valence electrons. The maximum atomic E-state index is 12.0. The number of anilines is 4. The highest BCUT2D eigenvalue weighted by Gasteiger charge is 2.19. The number of aromatic nitrogens is 1. The van der Waals surface area contributed by atoms with E-state index in [9.17, 15) is 4.79 Å². The molecule has 0 unspecified atom stereocenters. The Morgan fingerprint density at radius 3 is 2.40 bits per heavy atom. The molecule has 3 aromatic carbocycles. The van der Waals surface area contributed by atoms with Crippen molar-refractivity contribution in [3.05, 3.63) is 108 Å². The van der Waals surface area contributed by atoms with Crippen molar-refractivity contribution in [1.82, 2.24) is 4.98 Å². The van der Waals surface area contributed by atoms with Gasteiger partial charge in [-0.2, -0.15) is 0 Å². The third-order valence-electron chi connectivity index (χ3n) is 7.71. The Bertz CT molecular complexity index is 1420. The predicted molar refractivity (Wildman–Crippen MR) is 168 cm³/mol. The van der Waals surface area contributed by atoms with Crippen molar-refractivity contribution in [3.8, 4) is 5.75 Å². The van der Waals surface area contributed by atoms with Gasteiger partial charge in [0, 0.05) is 49.9 Å². The number of nitrogens with two attached hydrogens (primary N) is 1. The Hall–Kier alpha value is -4.56. The van der Waals surface area contributed by atoms with Gasteiger partial charge in [0.2, 0.25) is 0 Å². The molecule has 1 aromatic heterocycles. The second-order valence-corrected chi connectivity index (χ2v) is 10.6. The van der Waals surface area contributed by atoms with Crippen LogP contribution in [0.1, 0.15) is 40.7 Å². The van der Waals surface area contributed by atoms with Gasteiger partial charge in [0.1, 0.15) is 11.6 Å². The molecule has 42 heavy (non-hydrogen) atoms. The predicted octanol–water partition coefficient (Wildman–Crippen LogP) is 6.37. The van der Waals surface area contributed by atoms with E-state index < -0.39 is 5.91 Å². The number of rotatable bonds is 13. The summed E-state index contributed by atoms with van der Waals surface area (Å²) in [6.07, 6.45) is 4.94. The van der Waals surface area contributed by atoms with Gasteiger partial charge in [0.05, 0.1) is 25.0 Å². The molecular formula is C34H39N5O3. The molecule has 0 saturated carbocycles. The Kier molecular flexibility index (Phi) is 9.90. The molecule has 4 aromatic rings. The van der Waals surface area contributed by atoms with Gasteiger partial charge in [-0.25, -0.2) is 4.98 Å². The zero-order valence-corrected chi connectivity index (χ0v) is 24.1. The smallest absolute Gasteiger partial charge is 0.252 e. The highest BCUT2D eigenvalue weighted by atomic mass is 16.5. The van der Waals surface area contributed by atoms with Gasteiger partial charge >= 0.3 is 0 Å². The number of methoxy groups -OCH3 is 1. The van der Waals surface area contributed by atoms with E-state index in [1.165, 1.54) is 30.3 Å². The van der Waals surface area contributed by atoms with Gasteiger partial charge in [0.25, 0.3) is 5.91 Å². The summed E-state index contributed by atoms with van der Waals surface area (Å²) in [4.78, 5) is 18.8. The summed E-state index contributed by atoms with van der Waals surface area (Å²) < 4.78 is 11.1. The average molecular weight is 566 g/mol. The number of carbonyl (C=O) groups excluding carboxylic acids is 1. The third kappa shape index (κ3) is 8.01. The van der Waals surface area contributed by atoms with E-state index in [-0.39, 0.29) is 0 Å². The van der Waals surface area contributed by atoms with Crippen LogP contribution >= 0.6 is 0 Å². The van der Waals surface area contributed by atoms with E-state index in [0.717, 1.165) is 43.1 Å². The molecule has 1 saturated heterocycles. The number of hydrogen-bond acceptors (Lipinski definition) is 7. The van der Waals surface area contributed by atoms with Crippen molar-refractivity contribution >= 4 is 28.8 Å². The van der Waals surface area contributed by atoms with Crippen LogP contribution in [-0.4, -0.2) is 37.7 Å². The molecule has 1 aliphatic heterocycles. The minimum absolute atomic E-state index is 0.360. The van der Waals surface area contributed by atoms with Crippen molar-refractivity contribution in [3.63, 3.8) is 0 Å². The van der Waals surface area contributed by atoms with E-state index in [2.05, 4.69) is 56.9 Å². The average Bonchev–Trinajstić information content (AvgIpc) is 3.03. The SMILES string of the molecule is COc1ccc(COCCC2CCN(c3ccc(Nc4cc(NCc5ccccc5)c(C(N)=O)cn4)cc3)CC2)cc1. The topological polar surface area (TPSA) is 102 Å². The van der Waals surface area contributed by atoms with E-state index in [4.69, 9.17) is 15.2 Å². The van der Waals surface area contributed by atoms with Gasteiger partial charge in [-0.1, -0.05) is 42.5 Å². The summed E-state index contributed by atoms with van der Waals surface area (Å²) in [5, 5.41) is 6.67. The minimum atomic E-state index is -0.515. The van der Waals surface area contributed by atoms with Gasteiger partial charge < -0.3 is 30.7 Å². The maximum Gasteiger partial charge on any atom is 0.252 e. The molecule has 2 heterocycles. The van der Waals surface area contributed by atoms with E-state index in [1.807, 2.05) is 48.5 Å². The lowest BCUT2D eigenvalue weighted by molar-refractivity contribution is 0.100. The number of primary amides is 1. The number of benzene rings is 3. The van der Waals surface area contributed by atoms with Crippen LogP contribution in [0.3, 0.4) is 0 Å². The zero-order valence-electron chi connectivity index (χ0n) is 24.1. The maximum absolute atomic E-state index is 12.0. The number of amides is 1. The number of ether oxygens (including phenoxy) is 2.